The second-order valence-corrected chi connectivity index (χ2v) is 7.49. The highest BCUT2D eigenvalue weighted by Gasteiger charge is 2.25. The number of nitrogen functional groups attached to an aromatic ring is 1. The summed E-state index contributed by atoms with van der Waals surface area (Å²) in [6.45, 7) is 9.46. The van der Waals surface area contributed by atoms with E-state index in [1.165, 1.54) is 0 Å². The van der Waals surface area contributed by atoms with Crippen molar-refractivity contribution in [3.63, 3.8) is 0 Å². The highest BCUT2D eigenvalue weighted by atomic mass is 79.9. The van der Waals surface area contributed by atoms with Crippen molar-refractivity contribution < 1.29 is 0 Å². The Morgan fingerprint density at radius 3 is 2.57 bits per heavy atom. The number of halogens is 2. The van der Waals surface area contributed by atoms with Crippen molar-refractivity contribution in [2.75, 3.05) is 5.73 Å². The zero-order valence-corrected chi connectivity index (χ0v) is 15.2. The van der Waals surface area contributed by atoms with Gasteiger partial charge in [-0.25, -0.2) is 4.98 Å². The molecule has 1 heterocycles. The van der Waals surface area contributed by atoms with Crippen LogP contribution in [0.1, 0.15) is 39.9 Å². The van der Waals surface area contributed by atoms with Crippen LogP contribution < -0.4 is 5.73 Å². The number of benzene rings is 1. The third-order valence-corrected chi connectivity index (χ3v) is 4.23. The van der Waals surface area contributed by atoms with Crippen molar-refractivity contribution in [2.24, 2.45) is 0 Å². The molecule has 0 bridgehead atoms. The average molecular weight is 371 g/mol. The molecule has 21 heavy (non-hydrogen) atoms. The number of hydrogen-bond acceptors (Lipinski definition) is 2. The third-order valence-electron chi connectivity index (χ3n) is 3.31. The van der Waals surface area contributed by atoms with Gasteiger partial charge < -0.3 is 10.3 Å². The van der Waals surface area contributed by atoms with E-state index in [0.29, 0.717) is 10.8 Å². The minimum absolute atomic E-state index is 0.0629. The van der Waals surface area contributed by atoms with E-state index in [9.17, 15) is 0 Å². The topological polar surface area (TPSA) is 43.8 Å². The predicted molar refractivity (Wildman–Crippen MR) is 93.8 cm³/mol. The van der Waals surface area contributed by atoms with Gasteiger partial charge in [-0.15, -0.1) is 0 Å². The molecule has 0 amide bonds. The summed E-state index contributed by atoms with van der Waals surface area (Å²) in [6.07, 6.45) is 1.01. The first-order valence-electron chi connectivity index (χ1n) is 7.07. The maximum absolute atomic E-state index is 6.37. The molecule has 1 aromatic heterocycles. The molecular weight excluding hydrogens is 350 g/mol. The number of aromatic nitrogens is 2. The van der Waals surface area contributed by atoms with Crippen LogP contribution in [0.15, 0.2) is 22.7 Å². The lowest BCUT2D eigenvalue weighted by atomic mass is 9.95. The van der Waals surface area contributed by atoms with Crippen molar-refractivity contribution in [3.8, 4) is 11.3 Å². The van der Waals surface area contributed by atoms with Crippen LogP contribution in [0.25, 0.3) is 11.3 Å². The Balaban J connectivity index is 2.68. The van der Waals surface area contributed by atoms with Crippen LogP contribution in [0.3, 0.4) is 0 Å². The van der Waals surface area contributed by atoms with Crippen LogP contribution in [0, 0.1) is 0 Å². The molecule has 3 nitrogen and oxygen atoms in total. The molecule has 2 rings (SSSR count). The Morgan fingerprint density at radius 2 is 2.00 bits per heavy atom. The van der Waals surface area contributed by atoms with Gasteiger partial charge in [-0.2, -0.15) is 0 Å². The Bertz CT molecular complexity index is 656. The standard InChI is InChI=1S/C16H21BrClN3/c1-5-8-21-14(19)13(20-15(21)16(2,3)4)11-9-10(18)6-7-12(11)17/h6-7,9H,5,8,19H2,1-4H3. The fraction of sp³-hybridized carbons (Fsp3) is 0.438. The number of imidazole rings is 1. The summed E-state index contributed by atoms with van der Waals surface area (Å²) in [5, 5.41) is 0.676. The summed E-state index contributed by atoms with van der Waals surface area (Å²) in [6, 6.07) is 5.67. The molecule has 2 N–H and O–H groups in total. The fourth-order valence-corrected chi connectivity index (χ4v) is 2.97. The lowest BCUT2D eigenvalue weighted by molar-refractivity contribution is 0.498. The smallest absolute Gasteiger partial charge is 0.131 e. The number of nitrogens with zero attached hydrogens (tertiary/aromatic N) is 2. The second kappa shape index (κ2) is 6.01. The lowest BCUT2D eigenvalue weighted by Gasteiger charge is -2.19. The summed E-state index contributed by atoms with van der Waals surface area (Å²) >= 11 is 9.68. The van der Waals surface area contributed by atoms with E-state index in [0.717, 1.165) is 34.5 Å². The van der Waals surface area contributed by atoms with Gasteiger partial charge in [0.15, 0.2) is 0 Å². The molecule has 0 fully saturated rings. The second-order valence-electron chi connectivity index (χ2n) is 6.20. The largest absolute Gasteiger partial charge is 0.383 e. The van der Waals surface area contributed by atoms with Gasteiger partial charge in [-0.05, 0) is 24.6 Å². The molecule has 5 heteroatoms. The molecule has 0 spiro atoms. The van der Waals surface area contributed by atoms with Crippen LogP contribution in [0.5, 0.6) is 0 Å². The summed E-state index contributed by atoms with van der Waals surface area (Å²) < 4.78 is 3.06. The number of anilines is 1. The van der Waals surface area contributed by atoms with E-state index in [4.69, 9.17) is 22.3 Å². The summed E-state index contributed by atoms with van der Waals surface area (Å²) in [5.74, 6) is 1.70. The van der Waals surface area contributed by atoms with Gasteiger partial charge in [-0.1, -0.05) is 55.2 Å². The minimum atomic E-state index is -0.0629. The molecule has 0 aliphatic carbocycles. The maximum Gasteiger partial charge on any atom is 0.131 e. The Hall–Kier alpha value is -1.00. The van der Waals surface area contributed by atoms with Crippen molar-refractivity contribution in [1.29, 1.82) is 0 Å². The quantitative estimate of drug-likeness (QED) is 0.801. The summed E-state index contributed by atoms with van der Waals surface area (Å²) in [5.41, 5.74) is 8.04. The number of rotatable bonds is 3. The molecule has 0 aliphatic rings. The van der Waals surface area contributed by atoms with Gasteiger partial charge in [0, 0.05) is 27.0 Å². The zero-order valence-electron chi connectivity index (χ0n) is 12.9. The van der Waals surface area contributed by atoms with Gasteiger partial charge in [0.05, 0.1) is 0 Å². The van der Waals surface area contributed by atoms with Crippen LogP contribution in [0.2, 0.25) is 5.02 Å². The Kier molecular flexibility index (Phi) is 4.69. The number of nitrogens with two attached hydrogens (primary N) is 1. The maximum atomic E-state index is 6.37. The molecule has 0 atom stereocenters. The lowest BCUT2D eigenvalue weighted by Crippen LogP contribution is -2.19. The van der Waals surface area contributed by atoms with E-state index >= 15 is 0 Å². The molecule has 0 saturated carbocycles. The highest BCUT2D eigenvalue weighted by Crippen LogP contribution is 2.36. The fourth-order valence-electron chi connectivity index (χ4n) is 2.37. The first-order chi connectivity index (χ1) is 9.75. The highest BCUT2D eigenvalue weighted by molar-refractivity contribution is 9.10. The summed E-state index contributed by atoms with van der Waals surface area (Å²) in [7, 11) is 0. The molecule has 1 aromatic carbocycles. The zero-order chi connectivity index (χ0) is 15.8. The summed E-state index contributed by atoms with van der Waals surface area (Å²) in [4.78, 5) is 4.82. The molecule has 2 aromatic rings. The van der Waals surface area contributed by atoms with E-state index in [1.807, 2.05) is 18.2 Å². The van der Waals surface area contributed by atoms with Gasteiger partial charge in [0.2, 0.25) is 0 Å². The van der Waals surface area contributed by atoms with Crippen LogP contribution in [0.4, 0.5) is 5.82 Å². The van der Waals surface area contributed by atoms with Gasteiger partial charge in [0.1, 0.15) is 17.3 Å². The van der Waals surface area contributed by atoms with E-state index in [-0.39, 0.29) is 5.41 Å². The van der Waals surface area contributed by atoms with Crippen LogP contribution >= 0.6 is 27.5 Å². The molecule has 0 unspecified atom stereocenters. The molecule has 114 valence electrons. The monoisotopic (exact) mass is 369 g/mol. The van der Waals surface area contributed by atoms with Crippen LogP contribution in [-0.4, -0.2) is 9.55 Å². The first-order valence-corrected chi connectivity index (χ1v) is 8.24. The van der Waals surface area contributed by atoms with Gasteiger partial charge in [-0.3, -0.25) is 0 Å². The first kappa shape index (κ1) is 16.4. The normalized spacial score (nSPS) is 11.9. The Morgan fingerprint density at radius 1 is 1.33 bits per heavy atom. The molecular formula is C16H21BrClN3. The Labute approximate surface area is 139 Å². The van der Waals surface area contributed by atoms with Crippen molar-refractivity contribution in [3.05, 3.63) is 33.5 Å². The molecule has 0 saturated heterocycles. The van der Waals surface area contributed by atoms with Crippen molar-refractivity contribution >= 4 is 33.3 Å². The molecule has 0 radical (unpaired) electrons. The number of hydrogen-bond donors (Lipinski definition) is 1. The van der Waals surface area contributed by atoms with E-state index in [2.05, 4.69) is 48.2 Å². The average Bonchev–Trinajstić information content (AvgIpc) is 2.71. The van der Waals surface area contributed by atoms with E-state index < -0.39 is 0 Å². The predicted octanol–water partition coefficient (Wildman–Crippen LogP) is 5.26. The van der Waals surface area contributed by atoms with Crippen LogP contribution in [-0.2, 0) is 12.0 Å². The minimum Gasteiger partial charge on any atom is -0.383 e. The van der Waals surface area contributed by atoms with Crippen molar-refractivity contribution in [2.45, 2.75) is 46.1 Å². The van der Waals surface area contributed by atoms with Crippen molar-refractivity contribution in [1.82, 2.24) is 9.55 Å². The molecule has 0 aliphatic heterocycles. The van der Waals surface area contributed by atoms with Gasteiger partial charge >= 0.3 is 0 Å². The van der Waals surface area contributed by atoms with E-state index in [1.54, 1.807) is 0 Å². The SMILES string of the molecule is CCCn1c(C(C)(C)C)nc(-c2cc(Cl)ccc2Br)c1N. The third kappa shape index (κ3) is 3.27. The van der Waals surface area contributed by atoms with Gasteiger partial charge in [0.25, 0.3) is 0 Å².